The van der Waals surface area contributed by atoms with E-state index in [1.165, 1.54) is 12.1 Å². The second-order valence-corrected chi connectivity index (χ2v) is 5.39. The van der Waals surface area contributed by atoms with Crippen molar-refractivity contribution in [3.8, 4) is 0 Å². The van der Waals surface area contributed by atoms with E-state index in [1.807, 2.05) is 0 Å². The molecule has 6 nitrogen and oxygen atoms in total. The number of nitrogens with zero attached hydrogens (tertiary/aromatic N) is 3. The van der Waals surface area contributed by atoms with E-state index in [-0.39, 0.29) is 10.8 Å². The Morgan fingerprint density at radius 1 is 1.45 bits per heavy atom. The van der Waals surface area contributed by atoms with Crippen molar-refractivity contribution in [1.29, 1.82) is 0 Å². The summed E-state index contributed by atoms with van der Waals surface area (Å²) >= 11 is 5.75. The van der Waals surface area contributed by atoms with Crippen LogP contribution in [0.4, 0.5) is 11.5 Å². The standard InChI is InChI=1S/C13H21ClN4O2/c1-10(2)17(3)7-5-4-6-15-13-9-11(18(19)20)8-12(14)16-13/h8-10H,4-7H2,1-3H3,(H,15,16). The first-order chi connectivity index (χ1) is 9.40. The maximum absolute atomic E-state index is 10.7. The molecule has 1 aromatic rings. The van der Waals surface area contributed by atoms with Crippen LogP contribution in [0.2, 0.25) is 5.15 Å². The molecule has 0 bridgehead atoms. The molecule has 112 valence electrons. The molecule has 0 saturated carbocycles. The highest BCUT2D eigenvalue weighted by atomic mass is 35.5. The zero-order chi connectivity index (χ0) is 15.1. The van der Waals surface area contributed by atoms with Crippen LogP contribution in [0.1, 0.15) is 26.7 Å². The highest BCUT2D eigenvalue weighted by Crippen LogP contribution is 2.20. The monoisotopic (exact) mass is 300 g/mol. The van der Waals surface area contributed by atoms with Gasteiger partial charge < -0.3 is 10.2 Å². The minimum absolute atomic E-state index is 0.0490. The van der Waals surface area contributed by atoms with E-state index in [0.29, 0.717) is 11.9 Å². The Bertz CT molecular complexity index is 454. The first kappa shape index (κ1) is 16.7. The Balaban J connectivity index is 2.37. The summed E-state index contributed by atoms with van der Waals surface area (Å²) in [5.74, 6) is 0.446. The van der Waals surface area contributed by atoms with E-state index in [9.17, 15) is 10.1 Å². The largest absolute Gasteiger partial charge is 0.370 e. The molecule has 0 saturated heterocycles. The maximum atomic E-state index is 10.7. The minimum Gasteiger partial charge on any atom is -0.370 e. The lowest BCUT2D eigenvalue weighted by Gasteiger charge is -2.20. The van der Waals surface area contributed by atoms with Gasteiger partial charge in [-0.05, 0) is 40.3 Å². The molecule has 0 aromatic carbocycles. The molecule has 0 unspecified atom stereocenters. The second kappa shape index (κ2) is 8.01. The molecule has 0 fully saturated rings. The van der Waals surface area contributed by atoms with Gasteiger partial charge in [0.15, 0.2) is 0 Å². The smallest absolute Gasteiger partial charge is 0.276 e. The minimum atomic E-state index is -0.476. The van der Waals surface area contributed by atoms with Gasteiger partial charge in [0.25, 0.3) is 5.69 Å². The summed E-state index contributed by atoms with van der Waals surface area (Å²) in [5, 5.41) is 13.9. The summed E-state index contributed by atoms with van der Waals surface area (Å²) in [6.45, 7) is 6.07. The Labute approximate surface area is 124 Å². The third-order valence-electron chi connectivity index (χ3n) is 3.11. The highest BCUT2D eigenvalue weighted by Gasteiger charge is 2.09. The lowest BCUT2D eigenvalue weighted by Crippen LogP contribution is -2.27. The molecule has 0 aliphatic rings. The zero-order valence-corrected chi connectivity index (χ0v) is 12.9. The summed E-state index contributed by atoms with van der Waals surface area (Å²) in [6.07, 6.45) is 2.03. The number of nitrogens with one attached hydrogen (secondary N) is 1. The van der Waals surface area contributed by atoms with Crippen LogP contribution in [0.5, 0.6) is 0 Å². The van der Waals surface area contributed by atoms with Crippen molar-refractivity contribution in [2.75, 3.05) is 25.5 Å². The van der Waals surface area contributed by atoms with E-state index in [1.54, 1.807) is 0 Å². The van der Waals surface area contributed by atoms with Gasteiger partial charge in [0.1, 0.15) is 11.0 Å². The van der Waals surface area contributed by atoms with Gasteiger partial charge in [-0.25, -0.2) is 4.98 Å². The van der Waals surface area contributed by atoms with Crippen LogP contribution in [0.15, 0.2) is 12.1 Å². The van der Waals surface area contributed by atoms with Gasteiger partial charge >= 0.3 is 0 Å². The van der Waals surface area contributed by atoms with Crippen LogP contribution >= 0.6 is 11.6 Å². The number of unbranched alkanes of at least 4 members (excludes halogenated alkanes) is 1. The lowest BCUT2D eigenvalue weighted by molar-refractivity contribution is -0.384. The molecule has 0 aliphatic carbocycles. The number of halogens is 1. The van der Waals surface area contributed by atoms with Gasteiger partial charge in [-0.2, -0.15) is 0 Å². The van der Waals surface area contributed by atoms with Gasteiger partial charge in [-0.15, -0.1) is 0 Å². The number of hydrogen-bond donors (Lipinski definition) is 1. The third-order valence-corrected chi connectivity index (χ3v) is 3.31. The number of rotatable bonds is 8. The topological polar surface area (TPSA) is 71.3 Å². The number of anilines is 1. The maximum Gasteiger partial charge on any atom is 0.276 e. The van der Waals surface area contributed by atoms with Gasteiger partial charge in [0.05, 0.1) is 17.1 Å². The molecule has 0 aliphatic heterocycles. The summed E-state index contributed by atoms with van der Waals surface area (Å²) < 4.78 is 0. The number of pyridine rings is 1. The van der Waals surface area contributed by atoms with Crippen molar-refractivity contribution in [2.24, 2.45) is 0 Å². The summed E-state index contributed by atoms with van der Waals surface area (Å²) in [7, 11) is 2.10. The van der Waals surface area contributed by atoms with Crippen LogP contribution < -0.4 is 5.32 Å². The quantitative estimate of drug-likeness (QED) is 0.345. The number of nitro groups is 1. The van der Waals surface area contributed by atoms with Gasteiger partial charge in [0.2, 0.25) is 0 Å². The van der Waals surface area contributed by atoms with Crippen molar-refractivity contribution in [3.05, 3.63) is 27.4 Å². The molecule has 1 heterocycles. The van der Waals surface area contributed by atoms with Crippen LogP contribution in [0.3, 0.4) is 0 Å². The Kier molecular flexibility index (Phi) is 6.67. The normalized spacial score (nSPS) is 11.1. The molecule has 20 heavy (non-hydrogen) atoms. The molecular formula is C13H21ClN4O2. The molecule has 0 spiro atoms. The van der Waals surface area contributed by atoms with Crippen LogP contribution in [0, 0.1) is 10.1 Å². The van der Waals surface area contributed by atoms with E-state index in [0.717, 1.165) is 25.9 Å². The Morgan fingerprint density at radius 2 is 2.15 bits per heavy atom. The van der Waals surface area contributed by atoms with E-state index in [4.69, 9.17) is 11.6 Å². The SMILES string of the molecule is CC(C)N(C)CCCCNc1cc([N+](=O)[O-])cc(Cl)n1. The molecule has 0 radical (unpaired) electrons. The Hall–Kier alpha value is -1.40. The van der Waals surface area contributed by atoms with Gasteiger partial charge in [0, 0.05) is 12.6 Å². The van der Waals surface area contributed by atoms with Crippen molar-refractivity contribution in [2.45, 2.75) is 32.7 Å². The second-order valence-electron chi connectivity index (χ2n) is 5.00. The fraction of sp³-hybridized carbons (Fsp3) is 0.615. The average molecular weight is 301 g/mol. The number of aromatic nitrogens is 1. The summed E-state index contributed by atoms with van der Waals surface area (Å²) in [5.41, 5.74) is -0.0490. The molecular weight excluding hydrogens is 280 g/mol. The fourth-order valence-electron chi connectivity index (χ4n) is 1.64. The van der Waals surface area contributed by atoms with Gasteiger partial charge in [-0.1, -0.05) is 11.6 Å². The summed E-state index contributed by atoms with van der Waals surface area (Å²) in [6, 6.07) is 3.18. The van der Waals surface area contributed by atoms with E-state index < -0.39 is 4.92 Å². The van der Waals surface area contributed by atoms with Crippen LogP contribution in [0.25, 0.3) is 0 Å². The van der Waals surface area contributed by atoms with Gasteiger partial charge in [-0.3, -0.25) is 10.1 Å². The van der Waals surface area contributed by atoms with Crippen molar-refractivity contribution < 1.29 is 4.92 Å². The summed E-state index contributed by atoms with van der Waals surface area (Å²) in [4.78, 5) is 16.5. The Morgan fingerprint density at radius 3 is 2.75 bits per heavy atom. The molecule has 7 heteroatoms. The third kappa shape index (κ3) is 5.71. The van der Waals surface area contributed by atoms with E-state index >= 15 is 0 Å². The molecule has 1 N–H and O–H groups in total. The highest BCUT2D eigenvalue weighted by molar-refractivity contribution is 6.29. The lowest BCUT2D eigenvalue weighted by atomic mass is 10.2. The van der Waals surface area contributed by atoms with Crippen molar-refractivity contribution in [1.82, 2.24) is 9.88 Å². The predicted molar refractivity (Wildman–Crippen MR) is 81.4 cm³/mol. The van der Waals surface area contributed by atoms with Crippen molar-refractivity contribution in [3.63, 3.8) is 0 Å². The molecule has 1 rings (SSSR count). The predicted octanol–water partition coefficient (Wildman–Crippen LogP) is 3.18. The molecule has 0 atom stereocenters. The first-order valence-electron chi connectivity index (χ1n) is 6.66. The fourth-order valence-corrected chi connectivity index (χ4v) is 1.84. The van der Waals surface area contributed by atoms with Crippen LogP contribution in [-0.2, 0) is 0 Å². The first-order valence-corrected chi connectivity index (χ1v) is 7.04. The van der Waals surface area contributed by atoms with Crippen LogP contribution in [-0.4, -0.2) is 41.0 Å². The average Bonchev–Trinajstić information content (AvgIpc) is 2.37. The zero-order valence-electron chi connectivity index (χ0n) is 12.1. The van der Waals surface area contributed by atoms with E-state index in [2.05, 4.69) is 36.1 Å². The van der Waals surface area contributed by atoms with Crippen molar-refractivity contribution >= 4 is 23.1 Å². The molecule has 0 amide bonds. The number of hydrogen-bond acceptors (Lipinski definition) is 5. The molecule has 1 aromatic heterocycles.